The lowest BCUT2D eigenvalue weighted by Crippen LogP contribution is -2.55. The third-order valence-corrected chi connectivity index (χ3v) is 5.15. The highest BCUT2D eigenvalue weighted by Gasteiger charge is 2.41. The molecule has 1 saturated heterocycles. The summed E-state index contributed by atoms with van der Waals surface area (Å²) < 4.78 is 18.8. The molecule has 1 unspecified atom stereocenters. The maximum Gasteiger partial charge on any atom is 0.409 e. The van der Waals surface area contributed by atoms with Crippen LogP contribution < -0.4 is 0 Å². The molecule has 5 nitrogen and oxygen atoms in total. The van der Waals surface area contributed by atoms with Crippen LogP contribution in [0, 0.1) is 5.92 Å². The van der Waals surface area contributed by atoms with Crippen LogP contribution >= 0.6 is 0 Å². The lowest BCUT2D eigenvalue weighted by molar-refractivity contribution is -0.147. The number of rotatable bonds is 4. The van der Waals surface area contributed by atoms with E-state index in [-0.39, 0.29) is 25.6 Å². The van der Waals surface area contributed by atoms with Crippen LogP contribution in [0.4, 0.5) is 9.18 Å². The normalized spacial score (nSPS) is 17.2. The van der Waals surface area contributed by atoms with Crippen molar-refractivity contribution >= 4 is 12.1 Å². The van der Waals surface area contributed by atoms with Crippen LogP contribution in [-0.2, 0) is 9.53 Å². The second-order valence-corrected chi connectivity index (χ2v) is 6.71. The smallest absolute Gasteiger partial charge is 0.409 e. The van der Waals surface area contributed by atoms with Gasteiger partial charge in [0.2, 0.25) is 6.17 Å². The number of carboxylic acids is 1. The Hall–Kier alpha value is -2.89. The average Bonchev–Trinajstić information content (AvgIpc) is 2.92. The Morgan fingerprint density at radius 1 is 1.08 bits per heavy atom. The molecule has 0 radical (unpaired) electrons. The first-order valence-corrected chi connectivity index (χ1v) is 8.53. The Balaban J connectivity index is 1.41. The van der Waals surface area contributed by atoms with Crippen molar-refractivity contribution in [3.8, 4) is 11.1 Å². The summed E-state index contributed by atoms with van der Waals surface area (Å²) in [4.78, 5) is 24.2. The van der Waals surface area contributed by atoms with Crippen LogP contribution in [0.5, 0.6) is 0 Å². The number of hydrogen-bond donors (Lipinski definition) is 1. The van der Waals surface area contributed by atoms with Gasteiger partial charge in [-0.1, -0.05) is 48.5 Å². The van der Waals surface area contributed by atoms with Crippen molar-refractivity contribution in [1.29, 1.82) is 0 Å². The minimum absolute atomic E-state index is 0.0311. The number of amides is 1. The van der Waals surface area contributed by atoms with Gasteiger partial charge in [-0.3, -0.25) is 0 Å². The Kier molecular flexibility index (Phi) is 4.11. The molecular formula is C20H18FNO4. The fourth-order valence-electron chi connectivity index (χ4n) is 3.73. The zero-order valence-corrected chi connectivity index (χ0v) is 14.0. The lowest BCUT2D eigenvalue weighted by Gasteiger charge is -2.38. The second-order valence-electron chi connectivity index (χ2n) is 6.71. The van der Waals surface area contributed by atoms with Gasteiger partial charge in [-0.15, -0.1) is 0 Å². The van der Waals surface area contributed by atoms with Crippen LogP contribution in [0.15, 0.2) is 48.5 Å². The fourth-order valence-corrected chi connectivity index (χ4v) is 3.73. The van der Waals surface area contributed by atoms with Gasteiger partial charge in [0, 0.05) is 24.9 Å². The highest BCUT2D eigenvalue weighted by atomic mass is 19.1. The Morgan fingerprint density at radius 2 is 1.62 bits per heavy atom. The second kappa shape index (κ2) is 6.44. The quantitative estimate of drug-likeness (QED) is 0.914. The molecule has 0 saturated carbocycles. The number of carbonyl (C=O) groups excluding carboxylic acids is 1. The van der Waals surface area contributed by atoms with E-state index in [1.807, 2.05) is 36.4 Å². The zero-order chi connectivity index (χ0) is 18.3. The monoisotopic (exact) mass is 355 g/mol. The molecule has 26 heavy (non-hydrogen) atoms. The summed E-state index contributed by atoms with van der Waals surface area (Å²) in [6.07, 6.45) is -2.46. The van der Waals surface area contributed by atoms with E-state index in [9.17, 15) is 14.0 Å². The van der Waals surface area contributed by atoms with E-state index in [1.54, 1.807) is 0 Å². The largest absolute Gasteiger partial charge is 0.479 e. The van der Waals surface area contributed by atoms with Crippen molar-refractivity contribution in [2.24, 2.45) is 5.92 Å². The zero-order valence-electron chi connectivity index (χ0n) is 14.0. The summed E-state index contributed by atoms with van der Waals surface area (Å²) in [5, 5.41) is 8.67. The topological polar surface area (TPSA) is 66.8 Å². The summed E-state index contributed by atoms with van der Waals surface area (Å²) in [6, 6.07) is 16.1. The third kappa shape index (κ3) is 2.71. The number of likely N-dealkylation sites (tertiary alicyclic amines) is 1. The molecule has 2 aromatic rings. The summed E-state index contributed by atoms with van der Waals surface area (Å²) in [6.45, 7) is 0.348. The Bertz CT molecular complexity index is 817. The Morgan fingerprint density at radius 3 is 2.15 bits per heavy atom. The number of carbonyl (C=O) groups is 2. The van der Waals surface area contributed by atoms with Crippen molar-refractivity contribution in [3.05, 3.63) is 59.7 Å². The van der Waals surface area contributed by atoms with Gasteiger partial charge in [0.1, 0.15) is 6.61 Å². The van der Waals surface area contributed by atoms with Crippen LogP contribution in [0.25, 0.3) is 11.1 Å². The highest BCUT2D eigenvalue weighted by molar-refractivity contribution is 5.79. The predicted octanol–water partition coefficient (Wildman–Crippen LogP) is 3.29. The van der Waals surface area contributed by atoms with Gasteiger partial charge < -0.3 is 14.7 Å². The summed E-state index contributed by atoms with van der Waals surface area (Å²) in [5.74, 6) is -2.17. The van der Waals surface area contributed by atoms with Crippen LogP contribution in [0.3, 0.4) is 0 Å². The number of fused-ring (bicyclic) bond motifs is 3. The average molecular weight is 355 g/mol. The molecule has 1 heterocycles. The summed E-state index contributed by atoms with van der Waals surface area (Å²) >= 11 is 0. The molecule has 0 aromatic heterocycles. The molecule has 2 aliphatic rings. The first-order valence-electron chi connectivity index (χ1n) is 8.53. The van der Waals surface area contributed by atoms with Crippen LogP contribution in [-0.4, -0.2) is 47.9 Å². The van der Waals surface area contributed by atoms with E-state index in [4.69, 9.17) is 9.84 Å². The van der Waals surface area contributed by atoms with Gasteiger partial charge in [0.15, 0.2) is 0 Å². The molecule has 0 bridgehead atoms. The summed E-state index contributed by atoms with van der Waals surface area (Å²) in [5.41, 5.74) is 4.54. The van der Waals surface area contributed by atoms with Crippen molar-refractivity contribution < 1.29 is 23.8 Å². The van der Waals surface area contributed by atoms with Crippen LogP contribution in [0.2, 0.25) is 0 Å². The minimum Gasteiger partial charge on any atom is -0.479 e. The van der Waals surface area contributed by atoms with Gasteiger partial charge in [-0.25, -0.2) is 14.0 Å². The standard InChI is InChI=1S/C20H18FNO4/c21-18(19(23)24)12-9-22(10-12)20(25)26-11-17-15-7-3-1-5-13(15)14-6-2-4-8-16(14)17/h1-8,12,17-18H,9-11H2,(H,23,24). The minimum atomic E-state index is -1.94. The predicted molar refractivity (Wildman–Crippen MR) is 92.7 cm³/mol. The molecule has 2 aromatic carbocycles. The molecule has 6 heteroatoms. The number of hydrogen-bond acceptors (Lipinski definition) is 3. The van der Waals surface area contributed by atoms with E-state index < -0.39 is 24.2 Å². The van der Waals surface area contributed by atoms with Crippen LogP contribution in [0.1, 0.15) is 17.0 Å². The van der Waals surface area contributed by atoms with E-state index in [0.717, 1.165) is 22.3 Å². The molecule has 0 spiro atoms. The van der Waals surface area contributed by atoms with Gasteiger partial charge in [0.05, 0.1) is 0 Å². The summed E-state index contributed by atoms with van der Waals surface area (Å²) in [7, 11) is 0. The molecule has 1 N–H and O–H groups in total. The number of aliphatic carboxylic acids is 1. The number of carboxylic acid groups (broad SMARTS) is 1. The molecule has 1 aliphatic carbocycles. The molecule has 1 atom stereocenters. The van der Waals surface area contributed by atoms with E-state index in [1.165, 1.54) is 4.90 Å². The van der Waals surface area contributed by atoms with Gasteiger partial charge >= 0.3 is 12.1 Å². The molecule has 1 fully saturated rings. The van der Waals surface area contributed by atoms with E-state index >= 15 is 0 Å². The van der Waals surface area contributed by atoms with Crippen molar-refractivity contribution in [1.82, 2.24) is 4.90 Å². The molecular weight excluding hydrogens is 337 g/mol. The number of benzene rings is 2. The molecule has 1 aliphatic heterocycles. The Labute approximate surface area is 150 Å². The van der Waals surface area contributed by atoms with Crippen molar-refractivity contribution in [2.45, 2.75) is 12.1 Å². The van der Waals surface area contributed by atoms with Gasteiger partial charge in [-0.05, 0) is 22.3 Å². The lowest BCUT2D eigenvalue weighted by atomic mass is 9.95. The fraction of sp³-hybridized carbons (Fsp3) is 0.300. The van der Waals surface area contributed by atoms with Gasteiger partial charge in [-0.2, -0.15) is 0 Å². The van der Waals surface area contributed by atoms with Crippen molar-refractivity contribution in [3.63, 3.8) is 0 Å². The number of alkyl halides is 1. The molecule has 134 valence electrons. The SMILES string of the molecule is O=C(O)C(F)C1CN(C(=O)OCC2c3ccccc3-c3ccccc32)C1. The first-order chi connectivity index (χ1) is 12.6. The number of ether oxygens (including phenoxy) is 1. The molecule has 4 rings (SSSR count). The van der Waals surface area contributed by atoms with Gasteiger partial charge in [0.25, 0.3) is 0 Å². The highest BCUT2D eigenvalue weighted by Crippen LogP contribution is 2.44. The molecule has 1 amide bonds. The maximum atomic E-state index is 13.4. The van der Waals surface area contributed by atoms with Crippen molar-refractivity contribution in [2.75, 3.05) is 19.7 Å². The maximum absolute atomic E-state index is 13.4. The van der Waals surface area contributed by atoms with E-state index in [2.05, 4.69) is 12.1 Å². The number of halogens is 1. The van der Waals surface area contributed by atoms with E-state index in [0.29, 0.717) is 0 Å². The first kappa shape index (κ1) is 16.6. The third-order valence-electron chi connectivity index (χ3n) is 5.15. The number of nitrogens with zero attached hydrogens (tertiary/aromatic N) is 1.